The molecule has 0 aliphatic heterocycles. The molecular formula is C15H10O5. The second-order valence-corrected chi connectivity index (χ2v) is 4.32. The minimum atomic E-state index is -0.901. The average molecular weight is 270 g/mol. The van der Waals surface area contributed by atoms with E-state index < -0.39 is 17.1 Å². The van der Waals surface area contributed by atoms with E-state index in [1.54, 1.807) is 30.3 Å². The third-order valence-corrected chi connectivity index (χ3v) is 3.04. The van der Waals surface area contributed by atoms with E-state index >= 15 is 0 Å². The van der Waals surface area contributed by atoms with Crippen LogP contribution in [-0.4, -0.2) is 15.3 Å². The highest BCUT2D eigenvalue weighted by atomic mass is 16.4. The molecule has 0 fully saturated rings. The van der Waals surface area contributed by atoms with Crippen molar-refractivity contribution in [3.05, 3.63) is 52.9 Å². The minimum Gasteiger partial charge on any atom is -0.504 e. The second kappa shape index (κ2) is 4.31. The van der Waals surface area contributed by atoms with Crippen molar-refractivity contribution >= 4 is 11.0 Å². The Morgan fingerprint density at radius 2 is 1.55 bits per heavy atom. The normalized spacial score (nSPS) is 10.8. The average Bonchev–Trinajstić information content (AvgIpc) is 2.44. The van der Waals surface area contributed by atoms with Gasteiger partial charge in [0, 0.05) is 17.0 Å². The lowest BCUT2D eigenvalue weighted by atomic mass is 10.0. The fraction of sp³-hybridized carbons (Fsp3) is 0. The molecule has 0 spiro atoms. The zero-order valence-electron chi connectivity index (χ0n) is 10.2. The summed E-state index contributed by atoms with van der Waals surface area (Å²) in [5.41, 5.74) is 0.0449. The van der Waals surface area contributed by atoms with Crippen LogP contribution in [0.25, 0.3) is 22.1 Å². The number of hydrogen-bond donors (Lipinski definition) is 3. The first kappa shape index (κ1) is 12.1. The molecule has 100 valence electrons. The lowest BCUT2D eigenvalue weighted by Crippen LogP contribution is -2.00. The van der Waals surface area contributed by atoms with E-state index in [-0.39, 0.29) is 16.9 Å². The van der Waals surface area contributed by atoms with Crippen molar-refractivity contribution in [3.63, 3.8) is 0 Å². The van der Waals surface area contributed by atoms with E-state index in [9.17, 15) is 20.1 Å². The van der Waals surface area contributed by atoms with Crippen molar-refractivity contribution in [2.75, 3.05) is 0 Å². The molecule has 3 rings (SSSR count). The molecule has 0 bridgehead atoms. The Morgan fingerprint density at radius 1 is 0.900 bits per heavy atom. The molecule has 5 heteroatoms. The Labute approximate surface area is 113 Å². The molecule has 5 nitrogen and oxygen atoms in total. The van der Waals surface area contributed by atoms with Crippen molar-refractivity contribution < 1.29 is 19.7 Å². The summed E-state index contributed by atoms with van der Waals surface area (Å²) in [5.74, 6) is -1.29. The number of rotatable bonds is 1. The summed E-state index contributed by atoms with van der Waals surface area (Å²) < 4.78 is 4.91. The number of benzene rings is 2. The van der Waals surface area contributed by atoms with Gasteiger partial charge in [0.25, 0.3) is 0 Å². The quantitative estimate of drug-likeness (QED) is 0.467. The molecule has 0 aliphatic carbocycles. The Kier molecular flexibility index (Phi) is 2.61. The lowest BCUT2D eigenvalue weighted by Gasteiger charge is -2.09. The number of fused-ring (bicyclic) bond motifs is 1. The van der Waals surface area contributed by atoms with Gasteiger partial charge in [-0.3, -0.25) is 0 Å². The van der Waals surface area contributed by atoms with Gasteiger partial charge in [-0.2, -0.15) is 0 Å². The van der Waals surface area contributed by atoms with Gasteiger partial charge in [-0.25, -0.2) is 4.79 Å². The van der Waals surface area contributed by atoms with Crippen LogP contribution >= 0.6 is 0 Å². The minimum absolute atomic E-state index is 0.0851. The van der Waals surface area contributed by atoms with Crippen LogP contribution in [0.1, 0.15) is 0 Å². The van der Waals surface area contributed by atoms with Crippen molar-refractivity contribution in [1.82, 2.24) is 0 Å². The fourth-order valence-corrected chi connectivity index (χ4v) is 2.11. The molecule has 1 aromatic heterocycles. The first-order valence-corrected chi connectivity index (χ1v) is 5.85. The maximum Gasteiger partial charge on any atom is 0.379 e. The molecule has 0 saturated heterocycles. The first-order chi connectivity index (χ1) is 9.58. The van der Waals surface area contributed by atoms with Gasteiger partial charge < -0.3 is 19.7 Å². The molecule has 0 saturated carbocycles. The van der Waals surface area contributed by atoms with Gasteiger partial charge in [-0.15, -0.1) is 0 Å². The molecular weight excluding hydrogens is 260 g/mol. The van der Waals surface area contributed by atoms with E-state index in [1.165, 1.54) is 6.07 Å². The van der Waals surface area contributed by atoms with Gasteiger partial charge in [0.1, 0.15) is 5.58 Å². The molecule has 3 N–H and O–H groups in total. The van der Waals surface area contributed by atoms with E-state index in [1.807, 2.05) is 0 Å². The number of hydrogen-bond acceptors (Lipinski definition) is 5. The third kappa shape index (κ3) is 1.76. The summed E-state index contributed by atoms with van der Waals surface area (Å²) in [7, 11) is 0. The van der Waals surface area contributed by atoms with Crippen LogP contribution in [0, 0.1) is 0 Å². The Balaban J connectivity index is 2.49. The smallest absolute Gasteiger partial charge is 0.379 e. The molecule has 3 aromatic rings. The fourth-order valence-electron chi connectivity index (χ4n) is 2.11. The van der Waals surface area contributed by atoms with Crippen molar-refractivity contribution in [2.45, 2.75) is 0 Å². The molecule has 0 atom stereocenters. The van der Waals surface area contributed by atoms with Gasteiger partial charge in [-0.05, 0) is 11.6 Å². The maximum atomic E-state index is 11.7. The molecule has 0 radical (unpaired) electrons. The summed E-state index contributed by atoms with van der Waals surface area (Å²) >= 11 is 0. The van der Waals surface area contributed by atoms with Gasteiger partial charge in [0.05, 0.1) is 0 Å². The van der Waals surface area contributed by atoms with Gasteiger partial charge in [0.2, 0.25) is 5.75 Å². The van der Waals surface area contributed by atoms with E-state index in [0.29, 0.717) is 10.9 Å². The van der Waals surface area contributed by atoms with Crippen molar-refractivity contribution in [1.29, 1.82) is 0 Å². The monoisotopic (exact) mass is 270 g/mol. The summed E-state index contributed by atoms with van der Waals surface area (Å²) in [6.45, 7) is 0. The Morgan fingerprint density at radius 3 is 2.25 bits per heavy atom. The highest BCUT2D eigenvalue weighted by molar-refractivity contribution is 5.97. The third-order valence-electron chi connectivity index (χ3n) is 3.04. The zero-order valence-corrected chi connectivity index (χ0v) is 10.2. The van der Waals surface area contributed by atoms with Gasteiger partial charge >= 0.3 is 5.63 Å². The standard InChI is InChI=1S/C15H10O5/c16-10-6-9-12(7-11(10)17)20-15(19)14(18)13(9)8-4-2-1-3-5-8/h1-7,16-18H. The van der Waals surface area contributed by atoms with Crippen LogP contribution in [0.4, 0.5) is 0 Å². The van der Waals surface area contributed by atoms with E-state index in [0.717, 1.165) is 6.07 Å². The molecule has 0 amide bonds. The predicted octanol–water partition coefficient (Wildman–Crippen LogP) is 2.58. The van der Waals surface area contributed by atoms with Gasteiger partial charge in [-0.1, -0.05) is 30.3 Å². The molecule has 0 aliphatic rings. The maximum absolute atomic E-state index is 11.7. The van der Waals surface area contributed by atoms with Crippen LogP contribution in [0.15, 0.2) is 51.7 Å². The summed E-state index contributed by atoms with van der Waals surface area (Å²) in [4.78, 5) is 11.7. The van der Waals surface area contributed by atoms with Crippen molar-refractivity contribution in [2.24, 2.45) is 0 Å². The SMILES string of the molecule is O=c1oc2cc(O)c(O)cc2c(-c2ccccc2)c1O. The Bertz CT molecular complexity index is 850. The van der Waals surface area contributed by atoms with Crippen LogP contribution in [0.2, 0.25) is 0 Å². The molecule has 2 aromatic carbocycles. The van der Waals surface area contributed by atoms with Crippen LogP contribution < -0.4 is 5.63 Å². The summed E-state index contributed by atoms with van der Waals surface area (Å²) in [6.07, 6.45) is 0. The van der Waals surface area contributed by atoms with Crippen molar-refractivity contribution in [3.8, 4) is 28.4 Å². The van der Waals surface area contributed by atoms with E-state index in [4.69, 9.17) is 4.42 Å². The zero-order chi connectivity index (χ0) is 14.3. The molecule has 0 unspecified atom stereocenters. The number of aromatic hydroxyl groups is 3. The highest BCUT2D eigenvalue weighted by Gasteiger charge is 2.17. The Hall–Kier alpha value is -2.95. The topological polar surface area (TPSA) is 90.9 Å². The van der Waals surface area contributed by atoms with E-state index in [2.05, 4.69) is 0 Å². The largest absolute Gasteiger partial charge is 0.504 e. The van der Waals surface area contributed by atoms with Gasteiger partial charge in [0.15, 0.2) is 11.5 Å². The number of phenolic OH excluding ortho intramolecular Hbond substituents is 2. The molecule has 20 heavy (non-hydrogen) atoms. The second-order valence-electron chi connectivity index (χ2n) is 4.32. The first-order valence-electron chi connectivity index (χ1n) is 5.85. The predicted molar refractivity (Wildman–Crippen MR) is 72.9 cm³/mol. The van der Waals surface area contributed by atoms with Crippen LogP contribution in [-0.2, 0) is 0 Å². The lowest BCUT2D eigenvalue weighted by molar-refractivity contribution is 0.401. The summed E-state index contributed by atoms with van der Waals surface area (Å²) in [6, 6.07) is 11.1. The van der Waals surface area contributed by atoms with Crippen LogP contribution in [0.3, 0.4) is 0 Å². The summed E-state index contributed by atoms with van der Waals surface area (Å²) in [5, 5.41) is 29.4. The molecule has 1 heterocycles. The highest BCUT2D eigenvalue weighted by Crippen LogP contribution is 2.38. The van der Waals surface area contributed by atoms with Crippen LogP contribution in [0.5, 0.6) is 17.2 Å². The number of phenols is 2.